The minimum atomic E-state index is -0.133. The second kappa shape index (κ2) is 12.7. The van der Waals surface area contributed by atoms with Crippen LogP contribution in [-0.4, -0.2) is 50.6 Å². The van der Waals surface area contributed by atoms with Gasteiger partial charge in [0, 0.05) is 37.3 Å². The zero-order chi connectivity index (χ0) is 21.0. The average molecular weight is 406 g/mol. The standard InChI is InChI=1S/C23H39N3O3/c1-4-6-7-12-29-21-15-19(3)8-9-20(21)16-25-22(24-5-2)26-17-23(18-27)10-13-28-14-11-23/h8-9,15,27H,4-7,10-14,16-18H2,1-3H3,(H2,24,25,26). The van der Waals surface area contributed by atoms with Gasteiger partial charge in [-0.1, -0.05) is 31.9 Å². The fourth-order valence-corrected chi connectivity index (χ4v) is 3.43. The van der Waals surface area contributed by atoms with Gasteiger partial charge in [-0.05, 0) is 44.7 Å². The van der Waals surface area contributed by atoms with Gasteiger partial charge in [-0.2, -0.15) is 0 Å². The molecule has 0 atom stereocenters. The average Bonchev–Trinajstić information content (AvgIpc) is 2.75. The van der Waals surface area contributed by atoms with Crippen molar-refractivity contribution in [3.8, 4) is 5.75 Å². The Morgan fingerprint density at radius 3 is 2.69 bits per heavy atom. The summed E-state index contributed by atoms with van der Waals surface area (Å²) in [6.07, 6.45) is 5.18. The van der Waals surface area contributed by atoms with E-state index in [0.29, 0.717) is 26.3 Å². The van der Waals surface area contributed by atoms with Gasteiger partial charge in [0.15, 0.2) is 5.96 Å². The van der Waals surface area contributed by atoms with Crippen LogP contribution in [0.3, 0.4) is 0 Å². The molecule has 0 unspecified atom stereocenters. The Labute approximate surface area is 176 Å². The minimum absolute atomic E-state index is 0.133. The smallest absolute Gasteiger partial charge is 0.191 e. The molecule has 2 rings (SSSR count). The van der Waals surface area contributed by atoms with E-state index in [4.69, 9.17) is 14.5 Å². The first-order valence-corrected chi connectivity index (χ1v) is 11.1. The number of aryl methyl sites for hydroxylation is 1. The highest BCUT2D eigenvalue weighted by Crippen LogP contribution is 2.29. The van der Waals surface area contributed by atoms with Gasteiger partial charge >= 0.3 is 0 Å². The maximum Gasteiger partial charge on any atom is 0.191 e. The molecule has 1 fully saturated rings. The zero-order valence-corrected chi connectivity index (χ0v) is 18.4. The normalized spacial score (nSPS) is 16.5. The maximum atomic E-state index is 9.90. The third-order valence-corrected chi connectivity index (χ3v) is 5.50. The molecule has 1 aromatic rings. The molecule has 6 heteroatoms. The van der Waals surface area contributed by atoms with Crippen LogP contribution in [0.2, 0.25) is 0 Å². The molecule has 0 aromatic heterocycles. The van der Waals surface area contributed by atoms with Crippen LogP contribution < -0.4 is 15.4 Å². The van der Waals surface area contributed by atoms with Gasteiger partial charge in [-0.25, -0.2) is 4.99 Å². The highest BCUT2D eigenvalue weighted by molar-refractivity contribution is 5.79. The molecule has 1 heterocycles. The number of aliphatic hydroxyl groups excluding tert-OH is 1. The summed E-state index contributed by atoms with van der Waals surface area (Å²) in [6.45, 7) is 10.7. The van der Waals surface area contributed by atoms with Gasteiger partial charge in [-0.15, -0.1) is 0 Å². The quantitative estimate of drug-likeness (QED) is 0.299. The van der Waals surface area contributed by atoms with E-state index in [0.717, 1.165) is 49.7 Å². The number of nitrogens with one attached hydrogen (secondary N) is 2. The van der Waals surface area contributed by atoms with Crippen LogP contribution in [0.4, 0.5) is 0 Å². The summed E-state index contributed by atoms with van der Waals surface area (Å²) >= 11 is 0. The number of rotatable bonds is 11. The number of aliphatic hydroxyl groups is 1. The molecular weight excluding hydrogens is 366 g/mol. The third-order valence-electron chi connectivity index (χ3n) is 5.50. The molecule has 1 aromatic carbocycles. The van der Waals surface area contributed by atoms with Gasteiger partial charge < -0.3 is 25.2 Å². The molecule has 0 amide bonds. The van der Waals surface area contributed by atoms with Crippen LogP contribution in [0.25, 0.3) is 0 Å². The van der Waals surface area contributed by atoms with Crippen molar-refractivity contribution in [2.24, 2.45) is 10.4 Å². The molecular formula is C23H39N3O3. The van der Waals surface area contributed by atoms with Crippen molar-refractivity contribution in [3.63, 3.8) is 0 Å². The molecule has 0 aliphatic carbocycles. The second-order valence-corrected chi connectivity index (χ2v) is 7.99. The molecule has 29 heavy (non-hydrogen) atoms. The summed E-state index contributed by atoms with van der Waals surface area (Å²) in [5.41, 5.74) is 2.15. The summed E-state index contributed by atoms with van der Waals surface area (Å²) in [7, 11) is 0. The summed E-state index contributed by atoms with van der Waals surface area (Å²) in [5, 5.41) is 16.6. The molecule has 1 aliphatic rings. The van der Waals surface area contributed by atoms with Gasteiger partial charge in [0.25, 0.3) is 0 Å². The Hall–Kier alpha value is -1.79. The van der Waals surface area contributed by atoms with Gasteiger partial charge in [0.05, 0.1) is 19.8 Å². The van der Waals surface area contributed by atoms with Crippen LogP contribution >= 0.6 is 0 Å². The number of hydrogen-bond donors (Lipinski definition) is 3. The highest BCUT2D eigenvalue weighted by Gasteiger charge is 2.32. The van der Waals surface area contributed by atoms with Crippen LogP contribution in [0, 0.1) is 12.3 Å². The van der Waals surface area contributed by atoms with Gasteiger partial charge in [0.2, 0.25) is 0 Å². The van der Waals surface area contributed by atoms with E-state index in [9.17, 15) is 5.11 Å². The Kier molecular flexibility index (Phi) is 10.3. The topological polar surface area (TPSA) is 75.1 Å². The van der Waals surface area contributed by atoms with Crippen LogP contribution in [0.1, 0.15) is 57.1 Å². The predicted octanol–water partition coefficient (Wildman–Crippen LogP) is 3.41. The highest BCUT2D eigenvalue weighted by atomic mass is 16.5. The molecule has 3 N–H and O–H groups in total. The zero-order valence-electron chi connectivity index (χ0n) is 18.4. The lowest BCUT2D eigenvalue weighted by Crippen LogP contribution is -2.47. The van der Waals surface area contributed by atoms with E-state index in [1.807, 2.05) is 0 Å². The van der Waals surface area contributed by atoms with Crippen molar-refractivity contribution in [2.75, 3.05) is 39.5 Å². The first-order valence-electron chi connectivity index (χ1n) is 11.1. The van der Waals surface area contributed by atoms with Crippen molar-refractivity contribution >= 4 is 5.96 Å². The lowest BCUT2D eigenvalue weighted by atomic mass is 9.81. The fraction of sp³-hybridized carbons (Fsp3) is 0.696. The second-order valence-electron chi connectivity index (χ2n) is 7.99. The van der Waals surface area contributed by atoms with Gasteiger partial charge in [0.1, 0.15) is 5.75 Å². The Morgan fingerprint density at radius 2 is 2.00 bits per heavy atom. The summed E-state index contributed by atoms with van der Waals surface area (Å²) in [4.78, 5) is 4.77. The van der Waals surface area contributed by atoms with E-state index in [-0.39, 0.29) is 12.0 Å². The number of aliphatic imine (C=N–C) groups is 1. The summed E-state index contributed by atoms with van der Waals surface area (Å²) in [5.74, 6) is 1.70. The van der Waals surface area contributed by atoms with Crippen molar-refractivity contribution in [1.29, 1.82) is 0 Å². The molecule has 0 bridgehead atoms. The monoisotopic (exact) mass is 405 g/mol. The molecule has 0 saturated carbocycles. The molecule has 0 spiro atoms. The fourth-order valence-electron chi connectivity index (χ4n) is 3.43. The number of hydrogen-bond acceptors (Lipinski definition) is 4. The summed E-state index contributed by atoms with van der Waals surface area (Å²) < 4.78 is 11.5. The Morgan fingerprint density at radius 1 is 1.21 bits per heavy atom. The van der Waals surface area contributed by atoms with Crippen LogP contribution in [0.5, 0.6) is 5.75 Å². The Bertz CT molecular complexity index is 628. The molecule has 164 valence electrons. The number of unbranched alkanes of at least 4 members (excludes halogenated alkanes) is 2. The maximum absolute atomic E-state index is 9.90. The van der Waals surface area contributed by atoms with Crippen LogP contribution in [-0.2, 0) is 11.3 Å². The molecule has 0 radical (unpaired) electrons. The van der Waals surface area contributed by atoms with E-state index in [2.05, 4.69) is 49.6 Å². The van der Waals surface area contributed by atoms with Crippen molar-refractivity contribution in [3.05, 3.63) is 29.3 Å². The SMILES string of the molecule is CCCCCOc1cc(C)ccc1CN=C(NCC)NCC1(CO)CCOCC1. The molecule has 6 nitrogen and oxygen atoms in total. The summed E-state index contributed by atoms with van der Waals surface area (Å²) in [6, 6.07) is 6.30. The first-order chi connectivity index (χ1) is 14.1. The molecule has 1 saturated heterocycles. The third kappa shape index (κ3) is 7.86. The van der Waals surface area contributed by atoms with Crippen LogP contribution in [0.15, 0.2) is 23.2 Å². The van der Waals surface area contributed by atoms with E-state index < -0.39 is 0 Å². The largest absolute Gasteiger partial charge is 0.493 e. The number of nitrogens with zero attached hydrogens (tertiary/aromatic N) is 1. The number of benzene rings is 1. The van der Waals surface area contributed by atoms with Crippen molar-refractivity contribution in [1.82, 2.24) is 10.6 Å². The minimum Gasteiger partial charge on any atom is -0.493 e. The number of ether oxygens (including phenoxy) is 2. The lowest BCUT2D eigenvalue weighted by Gasteiger charge is -2.36. The first kappa shape index (κ1) is 23.5. The van der Waals surface area contributed by atoms with Crippen molar-refractivity contribution in [2.45, 2.75) is 59.4 Å². The lowest BCUT2D eigenvalue weighted by molar-refractivity contribution is -0.0131. The predicted molar refractivity (Wildman–Crippen MR) is 119 cm³/mol. The van der Waals surface area contributed by atoms with Gasteiger partial charge in [-0.3, -0.25) is 0 Å². The van der Waals surface area contributed by atoms with E-state index >= 15 is 0 Å². The number of guanidine groups is 1. The van der Waals surface area contributed by atoms with Crippen molar-refractivity contribution < 1.29 is 14.6 Å². The molecule has 1 aliphatic heterocycles. The van der Waals surface area contributed by atoms with E-state index in [1.54, 1.807) is 0 Å². The van der Waals surface area contributed by atoms with E-state index in [1.165, 1.54) is 18.4 Å². The Balaban J connectivity index is 2.01.